The van der Waals surface area contributed by atoms with Crippen molar-refractivity contribution >= 4 is 23.2 Å². The van der Waals surface area contributed by atoms with Crippen molar-refractivity contribution in [3.8, 4) is 17.2 Å². The average Bonchev–Trinajstić information content (AvgIpc) is 3.14. The second kappa shape index (κ2) is 8.59. The van der Waals surface area contributed by atoms with Gasteiger partial charge in [0, 0.05) is 11.6 Å². The molecule has 2 aliphatic rings. The van der Waals surface area contributed by atoms with Crippen LogP contribution in [0.1, 0.15) is 28.3 Å². The number of aliphatic hydroxyl groups is 1. The molecule has 0 aliphatic carbocycles. The molecule has 0 bridgehead atoms. The maximum atomic E-state index is 14.4. The zero-order valence-corrected chi connectivity index (χ0v) is 19.9. The third kappa shape index (κ3) is 3.26. The molecule has 2 heterocycles. The maximum absolute atomic E-state index is 14.4. The molecule has 36 heavy (non-hydrogen) atoms. The Morgan fingerprint density at radius 2 is 1.44 bits per heavy atom. The summed E-state index contributed by atoms with van der Waals surface area (Å²) < 4.78 is 11.5. The minimum atomic E-state index is -2.27. The molecule has 0 saturated heterocycles. The molecular formula is C29H22ClNO5. The molecule has 0 radical (unpaired) electrons. The van der Waals surface area contributed by atoms with Gasteiger partial charge in [0.15, 0.2) is 11.5 Å². The van der Waals surface area contributed by atoms with Crippen molar-refractivity contribution in [1.82, 2.24) is 0 Å². The number of benzene rings is 4. The molecule has 2 aliphatic heterocycles. The van der Waals surface area contributed by atoms with Crippen molar-refractivity contribution < 1.29 is 24.5 Å². The normalized spacial score (nSPS) is 18.4. The number of amides is 1. The molecule has 6 rings (SSSR count). The number of phenolic OH excluding ortho intramolecular Hbond substituents is 1. The SMILES string of the molecule is O=C1N(C(c2ccccc2)c2ccccc2)c2ccccc2C1(O)c1c(O)c(Cl)cc2c1OCCO2. The summed E-state index contributed by atoms with van der Waals surface area (Å²) in [5.41, 5.74) is 0.192. The van der Waals surface area contributed by atoms with E-state index in [1.807, 2.05) is 66.7 Å². The lowest BCUT2D eigenvalue weighted by atomic mass is 9.85. The summed E-state index contributed by atoms with van der Waals surface area (Å²) in [7, 11) is 0. The van der Waals surface area contributed by atoms with E-state index in [0.29, 0.717) is 11.3 Å². The van der Waals surface area contributed by atoms with Crippen LogP contribution in [0.4, 0.5) is 5.69 Å². The molecule has 2 N–H and O–H groups in total. The number of ether oxygens (including phenoxy) is 2. The van der Waals surface area contributed by atoms with Crippen molar-refractivity contribution in [1.29, 1.82) is 0 Å². The van der Waals surface area contributed by atoms with Crippen LogP contribution in [0.25, 0.3) is 0 Å². The molecule has 1 unspecified atom stereocenters. The predicted molar refractivity (Wildman–Crippen MR) is 136 cm³/mol. The van der Waals surface area contributed by atoms with Crippen molar-refractivity contribution in [2.24, 2.45) is 0 Å². The third-order valence-electron chi connectivity index (χ3n) is 6.69. The van der Waals surface area contributed by atoms with Crippen molar-refractivity contribution in [3.05, 3.63) is 118 Å². The Morgan fingerprint density at radius 1 is 0.861 bits per heavy atom. The van der Waals surface area contributed by atoms with Crippen LogP contribution in [0.5, 0.6) is 17.2 Å². The Morgan fingerprint density at radius 3 is 2.11 bits per heavy atom. The smallest absolute Gasteiger partial charge is 0.269 e. The molecule has 180 valence electrons. The second-order valence-electron chi connectivity index (χ2n) is 8.73. The van der Waals surface area contributed by atoms with Crippen LogP contribution in [0, 0.1) is 0 Å². The van der Waals surface area contributed by atoms with Crippen LogP contribution in [0.3, 0.4) is 0 Å². The standard InChI is InChI=1S/C29H22ClNO5/c30-21-17-23-27(36-16-15-35-23)24(26(21)32)29(34)20-13-7-8-14-22(20)31(28(29)33)25(18-9-3-1-4-10-18)19-11-5-2-6-12-19/h1-14,17,25,32,34H,15-16H2. The molecule has 0 spiro atoms. The zero-order chi connectivity index (χ0) is 24.9. The molecule has 0 saturated carbocycles. The lowest BCUT2D eigenvalue weighted by Gasteiger charge is -2.32. The van der Waals surface area contributed by atoms with E-state index in [2.05, 4.69) is 0 Å². The summed E-state index contributed by atoms with van der Waals surface area (Å²) in [5.74, 6) is -0.690. The number of hydrogen-bond donors (Lipinski definition) is 2. The van der Waals surface area contributed by atoms with Gasteiger partial charge in [0.25, 0.3) is 5.91 Å². The number of hydrogen-bond acceptors (Lipinski definition) is 5. The summed E-state index contributed by atoms with van der Waals surface area (Å²) in [6, 6.07) is 27.2. The maximum Gasteiger partial charge on any atom is 0.269 e. The molecule has 4 aromatic rings. The Balaban J connectivity index is 1.62. The summed E-state index contributed by atoms with van der Waals surface area (Å²) in [6.45, 7) is 0.486. The fraction of sp³-hybridized carbons (Fsp3) is 0.138. The lowest BCUT2D eigenvalue weighted by molar-refractivity contribution is -0.132. The van der Waals surface area contributed by atoms with Crippen LogP contribution in [0.15, 0.2) is 91.0 Å². The summed E-state index contributed by atoms with van der Waals surface area (Å²) >= 11 is 6.34. The Bertz CT molecular complexity index is 1420. The van der Waals surface area contributed by atoms with Gasteiger partial charge >= 0.3 is 0 Å². The summed E-state index contributed by atoms with van der Waals surface area (Å²) in [5, 5.41) is 23.3. The second-order valence-corrected chi connectivity index (χ2v) is 9.14. The number of anilines is 1. The topological polar surface area (TPSA) is 79.2 Å². The van der Waals surface area contributed by atoms with E-state index in [1.54, 1.807) is 23.1 Å². The minimum Gasteiger partial charge on any atom is -0.506 e. The molecular weight excluding hydrogens is 478 g/mol. The average molecular weight is 500 g/mol. The minimum absolute atomic E-state index is 0.0472. The van der Waals surface area contributed by atoms with E-state index in [1.165, 1.54) is 6.07 Å². The first-order chi connectivity index (χ1) is 17.5. The molecule has 7 heteroatoms. The van der Waals surface area contributed by atoms with E-state index in [9.17, 15) is 15.0 Å². The van der Waals surface area contributed by atoms with Crippen LogP contribution < -0.4 is 14.4 Å². The monoisotopic (exact) mass is 499 g/mol. The highest BCUT2D eigenvalue weighted by molar-refractivity contribution is 6.32. The summed E-state index contributed by atoms with van der Waals surface area (Å²) in [4.78, 5) is 16.0. The fourth-order valence-electron chi connectivity index (χ4n) is 5.13. The Labute approximate surface area is 212 Å². The molecule has 1 atom stereocenters. The highest BCUT2D eigenvalue weighted by Crippen LogP contribution is 2.56. The first kappa shape index (κ1) is 22.5. The number of halogens is 1. The van der Waals surface area contributed by atoms with Crippen LogP contribution in [0.2, 0.25) is 5.02 Å². The van der Waals surface area contributed by atoms with Gasteiger partial charge in [-0.1, -0.05) is 90.5 Å². The lowest BCUT2D eigenvalue weighted by Crippen LogP contribution is -2.43. The molecule has 6 nitrogen and oxygen atoms in total. The van der Waals surface area contributed by atoms with Gasteiger partial charge < -0.3 is 19.7 Å². The first-order valence-electron chi connectivity index (χ1n) is 11.6. The predicted octanol–water partition coefficient (Wildman–Crippen LogP) is 5.19. The van der Waals surface area contributed by atoms with Gasteiger partial charge in [-0.25, -0.2) is 0 Å². The number of fused-ring (bicyclic) bond motifs is 2. The Kier molecular flexibility index (Phi) is 5.36. The van der Waals surface area contributed by atoms with Crippen molar-refractivity contribution in [3.63, 3.8) is 0 Å². The van der Waals surface area contributed by atoms with Crippen LogP contribution in [-0.2, 0) is 10.4 Å². The number of aromatic hydroxyl groups is 1. The number of rotatable bonds is 4. The quantitative estimate of drug-likeness (QED) is 0.404. The molecule has 0 fully saturated rings. The number of nitrogens with zero attached hydrogens (tertiary/aromatic N) is 1. The van der Waals surface area contributed by atoms with Gasteiger partial charge in [0.1, 0.15) is 19.0 Å². The van der Waals surface area contributed by atoms with Gasteiger partial charge in [-0.05, 0) is 17.2 Å². The fourth-order valence-corrected chi connectivity index (χ4v) is 5.32. The summed E-state index contributed by atoms with van der Waals surface area (Å²) in [6.07, 6.45) is 0. The van der Waals surface area contributed by atoms with Gasteiger partial charge in [0.05, 0.1) is 22.3 Å². The third-order valence-corrected chi connectivity index (χ3v) is 6.98. The van der Waals surface area contributed by atoms with Crippen molar-refractivity contribution in [2.45, 2.75) is 11.6 Å². The van der Waals surface area contributed by atoms with E-state index in [0.717, 1.165) is 11.1 Å². The molecule has 0 aromatic heterocycles. The highest BCUT2D eigenvalue weighted by atomic mass is 35.5. The van der Waals surface area contributed by atoms with Gasteiger partial charge in [-0.2, -0.15) is 0 Å². The first-order valence-corrected chi connectivity index (χ1v) is 12.0. The number of para-hydroxylation sites is 1. The van der Waals surface area contributed by atoms with Gasteiger partial charge in [-0.3, -0.25) is 9.69 Å². The van der Waals surface area contributed by atoms with E-state index < -0.39 is 23.3 Å². The zero-order valence-electron chi connectivity index (χ0n) is 19.1. The number of phenols is 1. The molecule has 1 amide bonds. The Hall–Kier alpha value is -4.00. The van der Waals surface area contributed by atoms with Crippen molar-refractivity contribution in [2.75, 3.05) is 18.1 Å². The number of carbonyl (C=O) groups is 1. The highest BCUT2D eigenvalue weighted by Gasteiger charge is 2.56. The van der Waals surface area contributed by atoms with Gasteiger partial charge in [-0.15, -0.1) is 0 Å². The largest absolute Gasteiger partial charge is 0.506 e. The van der Waals surface area contributed by atoms with E-state index >= 15 is 0 Å². The van der Waals surface area contributed by atoms with Crippen LogP contribution >= 0.6 is 11.6 Å². The van der Waals surface area contributed by atoms with Crippen LogP contribution in [-0.4, -0.2) is 29.3 Å². The van der Waals surface area contributed by atoms with Gasteiger partial charge in [0.2, 0.25) is 5.60 Å². The molecule has 4 aromatic carbocycles. The van der Waals surface area contributed by atoms with E-state index in [4.69, 9.17) is 21.1 Å². The number of carbonyl (C=O) groups excluding carboxylic acids is 1. The van der Waals surface area contributed by atoms with E-state index in [-0.39, 0.29) is 35.3 Å².